The molecule has 0 aliphatic carbocycles. The first kappa shape index (κ1) is 15.7. The molecular formula is C13H20N2O3S. The molecule has 106 valence electrons. The van der Waals surface area contributed by atoms with Gasteiger partial charge in [-0.3, -0.25) is 10.1 Å². The lowest BCUT2D eigenvalue weighted by Crippen LogP contribution is -2.41. The Morgan fingerprint density at radius 2 is 2.21 bits per heavy atom. The predicted molar refractivity (Wildman–Crippen MR) is 78.9 cm³/mol. The average Bonchev–Trinajstić information content (AvgIpc) is 2.68. The van der Waals surface area contributed by atoms with E-state index in [4.69, 9.17) is 0 Å². The molecule has 0 aliphatic heterocycles. The Morgan fingerprint density at radius 3 is 2.58 bits per heavy atom. The van der Waals surface area contributed by atoms with E-state index in [0.717, 1.165) is 0 Å². The van der Waals surface area contributed by atoms with Gasteiger partial charge >= 0.3 is 5.69 Å². The summed E-state index contributed by atoms with van der Waals surface area (Å²) in [4.78, 5) is 13.3. The summed E-state index contributed by atoms with van der Waals surface area (Å²) >= 11 is 1.26. The summed E-state index contributed by atoms with van der Waals surface area (Å²) in [6.45, 7) is 11.8. The summed E-state index contributed by atoms with van der Waals surface area (Å²) in [5, 5.41) is 21.3. The Kier molecular flexibility index (Phi) is 4.70. The summed E-state index contributed by atoms with van der Waals surface area (Å²) in [5.74, 6) is 0. The molecule has 19 heavy (non-hydrogen) atoms. The van der Waals surface area contributed by atoms with Crippen LogP contribution in [0.1, 0.15) is 38.7 Å². The second kappa shape index (κ2) is 5.71. The van der Waals surface area contributed by atoms with Crippen molar-refractivity contribution >= 4 is 22.0 Å². The minimum Gasteiger partial charge on any atom is -0.388 e. The molecule has 0 fully saturated rings. The van der Waals surface area contributed by atoms with Gasteiger partial charge in [-0.2, -0.15) is 0 Å². The van der Waals surface area contributed by atoms with Gasteiger partial charge in [0.25, 0.3) is 0 Å². The van der Waals surface area contributed by atoms with E-state index >= 15 is 0 Å². The van der Waals surface area contributed by atoms with Crippen molar-refractivity contribution in [2.75, 3.05) is 11.4 Å². The van der Waals surface area contributed by atoms with Gasteiger partial charge in [-0.25, -0.2) is 0 Å². The maximum atomic E-state index is 11.2. The fraction of sp³-hybridized carbons (Fsp3) is 0.538. The molecule has 0 bridgehead atoms. The van der Waals surface area contributed by atoms with Crippen LogP contribution in [0, 0.1) is 10.1 Å². The Hall–Kier alpha value is -1.40. The summed E-state index contributed by atoms with van der Waals surface area (Å²) in [5.41, 5.74) is -0.225. The Bertz CT molecular complexity index is 475. The predicted octanol–water partition coefficient (Wildman–Crippen LogP) is 3.50. The molecule has 0 radical (unpaired) electrons. The molecule has 1 atom stereocenters. The van der Waals surface area contributed by atoms with E-state index < -0.39 is 11.0 Å². The normalized spacial score (nSPS) is 13.1. The van der Waals surface area contributed by atoms with E-state index in [9.17, 15) is 15.2 Å². The Morgan fingerprint density at radius 1 is 1.63 bits per heavy atom. The first-order chi connectivity index (χ1) is 8.68. The molecule has 1 aromatic rings. The van der Waals surface area contributed by atoms with Gasteiger partial charge in [0.1, 0.15) is 0 Å². The van der Waals surface area contributed by atoms with Crippen molar-refractivity contribution in [1.29, 1.82) is 0 Å². The molecule has 0 aromatic carbocycles. The fourth-order valence-corrected chi connectivity index (χ4v) is 2.97. The van der Waals surface area contributed by atoms with Crippen LogP contribution >= 0.6 is 11.3 Å². The highest BCUT2D eigenvalue weighted by molar-refractivity contribution is 7.16. The highest BCUT2D eigenvalue weighted by Crippen LogP contribution is 2.42. The van der Waals surface area contributed by atoms with Crippen molar-refractivity contribution < 1.29 is 10.0 Å². The van der Waals surface area contributed by atoms with Gasteiger partial charge < -0.3 is 10.0 Å². The van der Waals surface area contributed by atoms with Crippen molar-refractivity contribution in [3.05, 3.63) is 33.7 Å². The number of aliphatic hydroxyl groups is 1. The highest BCUT2D eigenvalue weighted by Gasteiger charge is 2.30. The van der Waals surface area contributed by atoms with Gasteiger partial charge in [-0.15, -0.1) is 17.9 Å². The van der Waals surface area contributed by atoms with Crippen LogP contribution in [0.3, 0.4) is 0 Å². The maximum Gasteiger partial charge on any atom is 0.304 e. The van der Waals surface area contributed by atoms with Gasteiger partial charge in [0, 0.05) is 23.0 Å². The minimum absolute atomic E-state index is 0.0395. The summed E-state index contributed by atoms with van der Waals surface area (Å²) in [7, 11) is 0. The van der Waals surface area contributed by atoms with Gasteiger partial charge in [-0.05, 0) is 27.7 Å². The number of thiophene rings is 1. The molecule has 5 nitrogen and oxygen atoms in total. The van der Waals surface area contributed by atoms with Crippen molar-refractivity contribution in [1.82, 2.24) is 0 Å². The maximum absolute atomic E-state index is 11.2. The third-order valence-corrected chi connectivity index (χ3v) is 4.01. The number of nitrogens with zero attached hydrogens (tertiary/aromatic N) is 2. The number of hydrogen-bond acceptors (Lipinski definition) is 5. The Labute approximate surface area is 117 Å². The number of rotatable bonds is 5. The van der Waals surface area contributed by atoms with Crippen LogP contribution < -0.4 is 4.90 Å². The van der Waals surface area contributed by atoms with Gasteiger partial charge in [0.2, 0.25) is 0 Å². The third kappa shape index (κ3) is 3.54. The molecule has 0 spiro atoms. The molecule has 6 heteroatoms. The van der Waals surface area contributed by atoms with Gasteiger partial charge in [0.05, 0.1) is 11.0 Å². The van der Waals surface area contributed by atoms with E-state index in [1.54, 1.807) is 13.0 Å². The molecule has 0 unspecified atom stereocenters. The standard InChI is InChI=1S/C13H20N2O3S/c1-6-7-14(13(3,4)5)12-10(15(17)18)8-11(19-12)9(2)16/h6,8-9,16H,1,7H2,2-5H3/t9-/m0/s1. The van der Waals surface area contributed by atoms with Crippen LogP contribution in [0.5, 0.6) is 0 Å². The number of hydrogen-bond donors (Lipinski definition) is 1. The van der Waals surface area contributed by atoms with Crippen LogP contribution in [0.2, 0.25) is 0 Å². The SMILES string of the molecule is C=CCN(c1sc([C@H](C)O)cc1[N+](=O)[O-])C(C)(C)C. The Balaban J connectivity index is 3.36. The average molecular weight is 284 g/mol. The first-order valence-corrected chi connectivity index (χ1v) is 6.85. The number of nitro groups is 1. The van der Waals surface area contributed by atoms with E-state index in [0.29, 0.717) is 16.4 Å². The monoisotopic (exact) mass is 284 g/mol. The van der Waals surface area contributed by atoms with E-state index in [1.807, 2.05) is 25.7 Å². The first-order valence-electron chi connectivity index (χ1n) is 6.03. The number of anilines is 1. The van der Waals surface area contributed by atoms with Gasteiger partial charge in [0.15, 0.2) is 5.00 Å². The van der Waals surface area contributed by atoms with E-state index in [-0.39, 0.29) is 11.2 Å². The van der Waals surface area contributed by atoms with Crippen molar-refractivity contribution in [2.45, 2.75) is 39.3 Å². The molecule has 1 N–H and O–H groups in total. The molecule has 0 saturated carbocycles. The molecule has 1 rings (SSSR count). The van der Waals surface area contributed by atoms with E-state index in [1.165, 1.54) is 17.4 Å². The van der Waals surface area contributed by atoms with Crippen molar-refractivity contribution in [3.8, 4) is 0 Å². The molecule has 1 aromatic heterocycles. The van der Waals surface area contributed by atoms with Crippen molar-refractivity contribution in [2.24, 2.45) is 0 Å². The van der Waals surface area contributed by atoms with E-state index in [2.05, 4.69) is 6.58 Å². The largest absolute Gasteiger partial charge is 0.388 e. The zero-order valence-electron chi connectivity index (χ0n) is 11.7. The highest BCUT2D eigenvalue weighted by atomic mass is 32.1. The number of aliphatic hydroxyl groups excluding tert-OH is 1. The lowest BCUT2D eigenvalue weighted by Gasteiger charge is -2.35. The zero-order valence-corrected chi connectivity index (χ0v) is 12.5. The second-order valence-electron chi connectivity index (χ2n) is 5.34. The van der Waals surface area contributed by atoms with Crippen LogP contribution in [-0.4, -0.2) is 22.1 Å². The quantitative estimate of drug-likeness (QED) is 0.510. The zero-order chi connectivity index (χ0) is 14.8. The van der Waals surface area contributed by atoms with Crippen LogP contribution in [0.25, 0.3) is 0 Å². The van der Waals surface area contributed by atoms with Crippen LogP contribution in [-0.2, 0) is 0 Å². The lowest BCUT2D eigenvalue weighted by atomic mass is 10.1. The van der Waals surface area contributed by atoms with Crippen LogP contribution in [0.4, 0.5) is 10.7 Å². The molecule has 0 amide bonds. The molecular weight excluding hydrogens is 264 g/mol. The van der Waals surface area contributed by atoms with Crippen molar-refractivity contribution in [3.63, 3.8) is 0 Å². The smallest absolute Gasteiger partial charge is 0.304 e. The summed E-state index contributed by atoms with van der Waals surface area (Å²) < 4.78 is 0. The molecule has 0 aliphatic rings. The summed E-state index contributed by atoms with van der Waals surface area (Å²) in [6, 6.07) is 1.45. The second-order valence-corrected chi connectivity index (χ2v) is 6.40. The van der Waals surface area contributed by atoms with Gasteiger partial charge in [-0.1, -0.05) is 6.08 Å². The third-order valence-electron chi connectivity index (χ3n) is 2.69. The topological polar surface area (TPSA) is 66.6 Å². The molecule has 0 saturated heterocycles. The lowest BCUT2D eigenvalue weighted by molar-refractivity contribution is -0.383. The fourth-order valence-electron chi connectivity index (χ4n) is 1.71. The van der Waals surface area contributed by atoms with Crippen LogP contribution in [0.15, 0.2) is 18.7 Å². The molecule has 1 heterocycles. The minimum atomic E-state index is -0.706. The summed E-state index contributed by atoms with van der Waals surface area (Å²) in [6.07, 6.45) is 1.01.